The van der Waals surface area contributed by atoms with Crippen molar-refractivity contribution in [1.82, 2.24) is 14.5 Å². The molecule has 1 atom stereocenters. The molecule has 10 heteroatoms. The van der Waals surface area contributed by atoms with Crippen LogP contribution in [0.3, 0.4) is 0 Å². The van der Waals surface area contributed by atoms with Gasteiger partial charge in [-0.05, 0) is 11.4 Å². The average Bonchev–Trinajstić information content (AvgIpc) is 3.19. The third-order valence-electron chi connectivity index (χ3n) is 3.98. The molecule has 23 heavy (non-hydrogen) atoms. The molecule has 2 aliphatic rings. The van der Waals surface area contributed by atoms with E-state index in [-0.39, 0.29) is 16.7 Å². The molecule has 2 saturated heterocycles. The second kappa shape index (κ2) is 5.77. The minimum atomic E-state index is -3.66. The van der Waals surface area contributed by atoms with Crippen LogP contribution in [-0.2, 0) is 19.6 Å². The summed E-state index contributed by atoms with van der Waals surface area (Å²) >= 11 is 1.09. The van der Waals surface area contributed by atoms with Crippen molar-refractivity contribution < 1.29 is 22.7 Å². The summed E-state index contributed by atoms with van der Waals surface area (Å²) in [7, 11) is -2.01. The number of amides is 2. The van der Waals surface area contributed by atoms with Gasteiger partial charge in [0.25, 0.3) is 10.0 Å². The van der Waals surface area contributed by atoms with Gasteiger partial charge in [0.2, 0.25) is 5.91 Å². The Hall–Kier alpha value is -1.65. The summed E-state index contributed by atoms with van der Waals surface area (Å²) in [5.74, 6) is -0.326. The number of thiophene rings is 1. The molecule has 0 saturated carbocycles. The summed E-state index contributed by atoms with van der Waals surface area (Å²) in [4.78, 5) is 26.7. The Morgan fingerprint density at radius 2 is 2.26 bits per heavy atom. The summed E-state index contributed by atoms with van der Waals surface area (Å²) in [6.07, 6.45) is 0.171. The first kappa shape index (κ1) is 16.2. The van der Waals surface area contributed by atoms with Crippen LogP contribution in [-0.4, -0.2) is 69.0 Å². The van der Waals surface area contributed by atoms with Gasteiger partial charge in [-0.1, -0.05) is 6.07 Å². The maximum atomic E-state index is 12.2. The van der Waals surface area contributed by atoms with Crippen LogP contribution in [0.1, 0.15) is 6.42 Å². The number of likely N-dealkylation sites (N-methyl/N-ethyl adjacent to an activating group) is 1. The monoisotopic (exact) mass is 359 g/mol. The number of nitrogens with one attached hydrogen (secondary N) is 1. The molecule has 1 unspecified atom stereocenters. The van der Waals surface area contributed by atoms with Crippen molar-refractivity contribution in [3.8, 4) is 0 Å². The van der Waals surface area contributed by atoms with E-state index in [1.807, 2.05) is 0 Å². The predicted molar refractivity (Wildman–Crippen MR) is 82.5 cm³/mol. The molecule has 3 heterocycles. The predicted octanol–water partition coefficient (Wildman–Crippen LogP) is 0.0795. The molecule has 0 bridgehead atoms. The highest BCUT2D eigenvalue weighted by Gasteiger charge is 2.49. The molecule has 2 aliphatic heterocycles. The maximum Gasteiger partial charge on any atom is 0.410 e. The zero-order chi connectivity index (χ0) is 16.7. The topological polar surface area (TPSA) is 96.0 Å². The van der Waals surface area contributed by atoms with E-state index in [0.717, 1.165) is 11.3 Å². The number of likely N-dealkylation sites (tertiary alicyclic amines) is 1. The number of nitrogens with zero attached hydrogens (tertiary/aromatic N) is 2. The van der Waals surface area contributed by atoms with Crippen molar-refractivity contribution in [3.05, 3.63) is 17.5 Å². The first-order valence-electron chi connectivity index (χ1n) is 7.06. The van der Waals surface area contributed by atoms with E-state index in [2.05, 4.69) is 4.72 Å². The summed E-state index contributed by atoms with van der Waals surface area (Å²) in [5, 5.41) is 1.66. The molecule has 0 aliphatic carbocycles. The number of carbonyl (C=O) groups excluding carboxylic acids is 2. The van der Waals surface area contributed by atoms with Crippen LogP contribution in [0.4, 0.5) is 4.79 Å². The van der Waals surface area contributed by atoms with E-state index in [1.165, 1.54) is 15.9 Å². The van der Waals surface area contributed by atoms with Gasteiger partial charge in [0.15, 0.2) is 5.60 Å². The number of carbonyl (C=O) groups is 2. The third kappa shape index (κ3) is 3.19. The maximum absolute atomic E-state index is 12.2. The van der Waals surface area contributed by atoms with Crippen molar-refractivity contribution in [3.63, 3.8) is 0 Å². The lowest BCUT2D eigenvalue weighted by atomic mass is 10.0. The van der Waals surface area contributed by atoms with Crippen LogP contribution >= 0.6 is 11.3 Å². The second-order valence-corrected chi connectivity index (χ2v) is 8.67. The summed E-state index contributed by atoms with van der Waals surface area (Å²) in [5.41, 5.74) is -0.659. The zero-order valence-electron chi connectivity index (χ0n) is 12.5. The van der Waals surface area contributed by atoms with Crippen molar-refractivity contribution in [2.75, 3.05) is 33.2 Å². The van der Waals surface area contributed by atoms with Crippen molar-refractivity contribution in [2.24, 2.45) is 0 Å². The second-order valence-electron chi connectivity index (χ2n) is 5.73. The standard InChI is InChI=1S/C13H17N3O5S2/c1-15-8-13(21-12(15)18)4-5-16(9-13)10(17)7-14-23(19,20)11-3-2-6-22-11/h2-3,6,14H,4-5,7-9H2,1H3. The largest absolute Gasteiger partial charge is 0.439 e. The molecule has 126 valence electrons. The highest BCUT2D eigenvalue weighted by Crippen LogP contribution is 2.31. The van der Waals surface area contributed by atoms with Crippen molar-refractivity contribution in [2.45, 2.75) is 16.2 Å². The normalized spacial score (nSPS) is 24.5. The quantitative estimate of drug-likeness (QED) is 0.821. The Morgan fingerprint density at radius 1 is 1.48 bits per heavy atom. The molecule has 1 spiro atoms. The van der Waals surface area contributed by atoms with Crippen LogP contribution in [0.5, 0.6) is 0 Å². The Morgan fingerprint density at radius 3 is 2.87 bits per heavy atom. The summed E-state index contributed by atoms with van der Waals surface area (Å²) < 4.78 is 31.8. The Bertz CT molecular complexity index is 718. The molecular weight excluding hydrogens is 342 g/mol. The lowest BCUT2D eigenvalue weighted by Gasteiger charge is -2.21. The Kier molecular flexibility index (Phi) is 4.07. The number of hydrogen-bond acceptors (Lipinski definition) is 6. The zero-order valence-corrected chi connectivity index (χ0v) is 14.2. The van der Waals surface area contributed by atoms with E-state index in [1.54, 1.807) is 18.5 Å². The number of hydrogen-bond donors (Lipinski definition) is 1. The van der Waals surface area contributed by atoms with Crippen LogP contribution < -0.4 is 4.72 Å². The number of ether oxygens (including phenoxy) is 1. The minimum absolute atomic E-state index is 0.175. The molecule has 1 aromatic rings. The van der Waals surface area contributed by atoms with Gasteiger partial charge in [-0.3, -0.25) is 4.79 Å². The van der Waals surface area contributed by atoms with Crippen LogP contribution in [0.2, 0.25) is 0 Å². The molecule has 0 radical (unpaired) electrons. The fourth-order valence-electron chi connectivity index (χ4n) is 2.82. The SMILES string of the molecule is CN1CC2(CCN(C(=O)CNS(=O)(=O)c3cccs3)C2)OC1=O. The van der Waals surface area contributed by atoms with Crippen LogP contribution in [0, 0.1) is 0 Å². The van der Waals surface area contributed by atoms with Crippen LogP contribution in [0.15, 0.2) is 21.7 Å². The lowest BCUT2D eigenvalue weighted by Crippen LogP contribution is -2.42. The van der Waals surface area contributed by atoms with Gasteiger partial charge in [-0.2, -0.15) is 0 Å². The summed E-state index contributed by atoms with van der Waals surface area (Å²) in [6.45, 7) is 0.875. The van der Waals surface area contributed by atoms with Crippen molar-refractivity contribution >= 4 is 33.4 Å². The van der Waals surface area contributed by atoms with Gasteiger partial charge in [0, 0.05) is 20.0 Å². The van der Waals surface area contributed by atoms with Gasteiger partial charge in [0.05, 0.1) is 19.6 Å². The van der Waals surface area contributed by atoms with Crippen molar-refractivity contribution in [1.29, 1.82) is 0 Å². The van der Waals surface area contributed by atoms with Gasteiger partial charge in [0.1, 0.15) is 4.21 Å². The average molecular weight is 359 g/mol. The molecule has 8 nitrogen and oxygen atoms in total. The summed E-state index contributed by atoms with van der Waals surface area (Å²) in [6, 6.07) is 3.12. The fourth-order valence-corrected chi connectivity index (χ4v) is 4.83. The van der Waals surface area contributed by atoms with Gasteiger partial charge < -0.3 is 14.5 Å². The highest BCUT2D eigenvalue weighted by molar-refractivity contribution is 7.91. The molecular formula is C13H17N3O5S2. The van der Waals surface area contributed by atoms with E-state index in [9.17, 15) is 18.0 Å². The van der Waals surface area contributed by atoms with Crippen LogP contribution in [0.25, 0.3) is 0 Å². The molecule has 3 rings (SSSR count). The van der Waals surface area contributed by atoms with E-state index in [0.29, 0.717) is 26.1 Å². The molecule has 2 amide bonds. The van der Waals surface area contributed by atoms with Gasteiger partial charge >= 0.3 is 6.09 Å². The fraction of sp³-hybridized carbons (Fsp3) is 0.538. The van der Waals surface area contributed by atoms with Gasteiger partial charge in [-0.25, -0.2) is 17.9 Å². The molecule has 1 aromatic heterocycles. The lowest BCUT2D eigenvalue weighted by molar-refractivity contribution is -0.129. The number of rotatable bonds is 4. The minimum Gasteiger partial charge on any atom is -0.439 e. The van der Waals surface area contributed by atoms with E-state index >= 15 is 0 Å². The first-order valence-corrected chi connectivity index (χ1v) is 9.43. The van der Waals surface area contributed by atoms with Gasteiger partial charge in [-0.15, -0.1) is 11.3 Å². The molecule has 2 fully saturated rings. The highest BCUT2D eigenvalue weighted by atomic mass is 32.2. The first-order chi connectivity index (χ1) is 10.8. The number of sulfonamides is 1. The smallest absolute Gasteiger partial charge is 0.410 e. The van der Waals surface area contributed by atoms with E-state index in [4.69, 9.17) is 4.74 Å². The Balaban J connectivity index is 1.57. The molecule has 1 N–H and O–H groups in total. The molecule has 0 aromatic carbocycles. The third-order valence-corrected chi connectivity index (χ3v) is 6.78. The Labute approximate surface area is 138 Å². The van der Waals surface area contributed by atoms with E-state index < -0.39 is 21.7 Å².